The Morgan fingerprint density at radius 3 is 1.85 bits per heavy atom. The zero-order valence-electron chi connectivity index (χ0n) is 19.2. The van der Waals surface area contributed by atoms with E-state index in [0.717, 1.165) is 16.5 Å². The second kappa shape index (κ2) is 9.58. The van der Waals surface area contributed by atoms with Crippen LogP contribution >= 0.6 is 0 Å². The molecule has 0 aromatic heterocycles. The van der Waals surface area contributed by atoms with Crippen molar-refractivity contribution >= 4 is 20.8 Å². The summed E-state index contributed by atoms with van der Waals surface area (Å²) in [5.74, 6) is 0.755. The number of hydrogen-bond acceptors (Lipinski definition) is 4. The van der Waals surface area contributed by atoms with E-state index in [-0.39, 0.29) is 6.04 Å². The fraction of sp³-hybridized carbons (Fsp3) is 0.214. The van der Waals surface area contributed by atoms with Crippen LogP contribution in [0.5, 0.6) is 5.75 Å². The van der Waals surface area contributed by atoms with Crippen molar-refractivity contribution in [2.75, 3.05) is 33.3 Å². The first-order valence-electron chi connectivity index (χ1n) is 11.5. The van der Waals surface area contributed by atoms with Crippen molar-refractivity contribution in [1.29, 1.82) is 0 Å². The summed E-state index contributed by atoms with van der Waals surface area (Å²) in [5.41, 5.74) is 2.44. The standard InChI is InChI=1S/C28H28N2O3S/c1-33-26-14-12-25-21-27(15-13-24(25)20-26)34(31,32)30-18-16-29(17-19-30)28(22-8-4-2-5-9-22)23-10-6-3-7-11-23/h2-15,20-21,28H,16-19H2,1H3. The van der Waals surface area contributed by atoms with Crippen molar-refractivity contribution in [2.24, 2.45) is 0 Å². The van der Waals surface area contributed by atoms with Gasteiger partial charge < -0.3 is 4.74 Å². The molecule has 0 bridgehead atoms. The van der Waals surface area contributed by atoms with E-state index in [2.05, 4.69) is 53.4 Å². The molecule has 174 valence electrons. The zero-order chi connectivity index (χ0) is 23.5. The van der Waals surface area contributed by atoms with E-state index in [4.69, 9.17) is 4.74 Å². The molecule has 4 aromatic carbocycles. The Hall–Kier alpha value is -3.19. The first-order chi connectivity index (χ1) is 16.6. The van der Waals surface area contributed by atoms with E-state index in [1.807, 2.05) is 36.4 Å². The van der Waals surface area contributed by atoms with Crippen LogP contribution in [-0.4, -0.2) is 50.9 Å². The highest BCUT2D eigenvalue weighted by atomic mass is 32.2. The summed E-state index contributed by atoms with van der Waals surface area (Å²) < 4.78 is 33.8. The van der Waals surface area contributed by atoms with E-state index in [1.54, 1.807) is 23.5 Å². The van der Waals surface area contributed by atoms with Crippen LogP contribution in [0.4, 0.5) is 0 Å². The fourth-order valence-electron chi connectivity index (χ4n) is 4.73. The van der Waals surface area contributed by atoms with Gasteiger partial charge in [0.2, 0.25) is 10.0 Å². The number of rotatable bonds is 6. The van der Waals surface area contributed by atoms with Crippen molar-refractivity contribution in [2.45, 2.75) is 10.9 Å². The maximum atomic E-state index is 13.5. The van der Waals surface area contributed by atoms with Crippen molar-refractivity contribution in [3.63, 3.8) is 0 Å². The summed E-state index contributed by atoms with van der Waals surface area (Å²) in [5, 5.41) is 1.84. The lowest BCUT2D eigenvalue weighted by Gasteiger charge is -2.39. The van der Waals surface area contributed by atoms with Crippen molar-refractivity contribution < 1.29 is 13.2 Å². The predicted octanol–water partition coefficient (Wildman–Crippen LogP) is 4.94. The second-order valence-corrected chi connectivity index (χ2v) is 10.5. The average Bonchev–Trinajstić information content (AvgIpc) is 2.90. The molecule has 5 rings (SSSR count). The van der Waals surface area contributed by atoms with Gasteiger partial charge in [-0.2, -0.15) is 4.31 Å². The Labute approximate surface area is 201 Å². The van der Waals surface area contributed by atoms with E-state index >= 15 is 0 Å². The lowest BCUT2D eigenvalue weighted by molar-refractivity contribution is 0.156. The molecule has 0 saturated carbocycles. The van der Waals surface area contributed by atoms with Crippen molar-refractivity contribution in [3.05, 3.63) is 108 Å². The van der Waals surface area contributed by atoms with Crippen LogP contribution in [0.3, 0.4) is 0 Å². The van der Waals surface area contributed by atoms with E-state index < -0.39 is 10.0 Å². The number of ether oxygens (including phenoxy) is 1. The maximum absolute atomic E-state index is 13.5. The summed E-state index contributed by atoms with van der Waals surface area (Å²) >= 11 is 0. The third-order valence-electron chi connectivity index (χ3n) is 6.53. The lowest BCUT2D eigenvalue weighted by atomic mass is 9.96. The summed E-state index contributed by atoms with van der Waals surface area (Å²) in [6, 6.07) is 31.9. The molecule has 1 aliphatic heterocycles. The Bertz CT molecular complexity index is 1330. The second-order valence-electron chi connectivity index (χ2n) is 8.54. The Morgan fingerprint density at radius 2 is 1.26 bits per heavy atom. The molecule has 5 nitrogen and oxygen atoms in total. The molecular formula is C28H28N2O3S. The van der Waals surface area contributed by atoms with E-state index in [1.165, 1.54) is 11.1 Å². The van der Waals surface area contributed by atoms with Gasteiger partial charge in [0, 0.05) is 26.2 Å². The molecule has 1 aliphatic rings. The molecule has 34 heavy (non-hydrogen) atoms. The molecule has 0 aliphatic carbocycles. The molecule has 0 unspecified atom stereocenters. The summed E-state index contributed by atoms with van der Waals surface area (Å²) in [6.07, 6.45) is 0. The molecule has 6 heteroatoms. The Morgan fingerprint density at radius 1 is 0.706 bits per heavy atom. The molecule has 0 radical (unpaired) electrons. The lowest BCUT2D eigenvalue weighted by Crippen LogP contribution is -2.49. The number of sulfonamides is 1. The van der Waals surface area contributed by atoms with Crippen LogP contribution in [0.15, 0.2) is 102 Å². The van der Waals surface area contributed by atoms with E-state index in [0.29, 0.717) is 31.1 Å². The normalized spacial score (nSPS) is 15.6. The molecule has 0 amide bonds. The number of hydrogen-bond donors (Lipinski definition) is 0. The summed E-state index contributed by atoms with van der Waals surface area (Å²) in [4.78, 5) is 2.71. The van der Waals surface area contributed by atoms with Crippen LogP contribution in [-0.2, 0) is 10.0 Å². The molecule has 0 spiro atoms. The van der Waals surface area contributed by atoms with Crippen molar-refractivity contribution in [1.82, 2.24) is 9.21 Å². The first kappa shape index (κ1) is 22.6. The van der Waals surface area contributed by atoms with Crippen LogP contribution in [0.1, 0.15) is 17.2 Å². The number of fused-ring (bicyclic) bond motifs is 1. The highest BCUT2D eigenvalue weighted by Crippen LogP contribution is 2.31. The quantitative estimate of drug-likeness (QED) is 0.399. The number of benzene rings is 4. The highest BCUT2D eigenvalue weighted by molar-refractivity contribution is 7.89. The predicted molar refractivity (Wildman–Crippen MR) is 136 cm³/mol. The SMILES string of the molecule is COc1ccc2cc(S(=O)(=O)N3CCN(C(c4ccccc4)c4ccccc4)CC3)ccc2c1. The van der Waals surface area contributed by atoms with Gasteiger partial charge in [0.05, 0.1) is 18.0 Å². The molecule has 1 heterocycles. The minimum Gasteiger partial charge on any atom is -0.497 e. The maximum Gasteiger partial charge on any atom is 0.243 e. The van der Waals surface area contributed by atoms with Crippen LogP contribution in [0.2, 0.25) is 0 Å². The van der Waals surface area contributed by atoms with Gasteiger partial charge in [0.25, 0.3) is 0 Å². The molecule has 0 N–H and O–H groups in total. The third-order valence-corrected chi connectivity index (χ3v) is 8.42. The minimum absolute atomic E-state index is 0.0999. The van der Waals surface area contributed by atoms with Gasteiger partial charge in [-0.15, -0.1) is 0 Å². The molecule has 1 saturated heterocycles. The van der Waals surface area contributed by atoms with Crippen LogP contribution < -0.4 is 4.74 Å². The third kappa shape index (κ3) is 4.44. The monoisotopic (exact) mass is 472 g/mol. The Balaban J connectivity index is 1.37. The van der Waals surface area contributed by atoms with E-state index in [9.17, 15) is 8.42 Å². The molecule has 1 fully saturated rings. The minimum atomic E-state index is -3.57. The van der Waals surface area contributed by atoms with Gasteiger partial charge in [-0.25, -0.2) is 8.42 Å². The topological polar surface area (TPSA) is 49.9 Å². The summed E-state index contributed by atoms with van der Waals surface area (Å²) in [7, 11) is -1.95. The fourth-order valence-corrected chi connectivity index (χ4v) is 6.18. The van der Waals surface area contributed by atoms with Crippen molar-refractivity contribution in [3.8, 4) is 5.75 Å². The first-order valence-corrected chi connectivity index (χ1v) is 12.9. The average molecular weight is 473 g/mol. The zero-order valence-corrected chi connectivity index (χ0v) is 20.0. The molecular weight excluding hydrogens is 444 g/mol. The molecule has 0 atom stereocenters. The van der Waals surface area contributed by atoms with Gasteiger partial charge in [0.1, 0.15) is 5.75 Å². The summed E-state index contributed by atoms with van der Waals surface area (Å²) in [6.45, 7) is 2.25. The van der Waals surface area contributed by atoms with Gasteiger partial charge in [-0.05, 0) is 46.2 Å². The number of methoxy groups -OCH3 is 1. The Kier molecular flexibility index (Phi) is 6.37. The van der Waals surface area contributed by atoms with Crippen LogP contribution in [0, 0.1) is 0 Å². The van der Waals surface area contributed by atoms with Gasteiger partial charge in [-0.3, -0.25) is 4.90 Å². The van der Waals surface area contributed by atoms with Gasteiger partial charge in [0.15, 0.2) is 0 Å². The molecule has 4 aromatic rings. The van der Waals surface area contributed by atoms with Crippen LogP contribution in [0.25, 0.3) is 10.8 Å². The van der Waals surface area contributed by atoms with Gasteiger partial charge in [-0.1, -0.05) is 72.8 Å². The highest BCUT2D eigenvalue weighted by Gasteiger charge is 2.32. The number of nitrogens with zero attached hydrogens (tertiary/aromatic N) is 2. The van der Waals surface area contributed by atoms with Gasteiger partial charge >= 0.3 is 0 Å². The smallest absolute Gasteiger partial charge is 0.243 e. The number of piperazine rings is 1. The largest absolute Gasteiger partial charge is 0.497 e.